The SMILES string of the molecule is OCCN(CC(F)F)C[B-](F)(F)F. The molecular weight excluding hydrogens is 196 g/mol. The third-order valence-electron chi connectivity index (χ3n) is 1.28. The Hall–Kier alpha value is -0.365. The Bertz CT molecular complexity index is 141. The first kappa shape index (κ1) is 12.6. The van der Waals surface area contributed by atoms with E-state index in [0.29, 0.717) is 4.90 Å². The molecule has 0 aromatic carbocycles. The average Bonchev–Trinajstić information content (AvgIpc) is 1.81. The summed E-state index contributed by atoms with van der Waals surface area (Å²) in [6.45, 7) is -7.01. The van der Waals surface area contributed by atoms with E-state index in [1.807, 2.05) is 0 Å². The first-order chi connectivity index (χ1) is 5.85. The molecule has 0 aliphatic rings. The van der Waals surface area contributed by atoms with Gasteiger partial charge in [-0.3, -0.25) is 0 Å². The lowest BCUT2D eigenvalue weighted by Gasteiger charge is -2.26. The van der Waals surface area contributed by atoms with Crippen LogP contribution in [0, 0.1) is 0 Å². The van der Waals surface area contributed by atoms with E-state index < -0.39 is 33.0 Å². The van der Waals surface area contributed by atoms with Gasteiger partial charge in [0.1, 0.15) is 0 Å². The highest BCUT2D eigenvalue weighted by molar-refractivity contribution is 6.58. The molecule has 0 aliphatic carbocycles. The van der Waals surface area contributed by atoms with Gasteiger partial charge in [0.2, 0.25) is 0 Å². The van der Waals surface area contributed by atoms with E-state index in [2.05, 4.69) is 0 Å². The molecule has 80 valence electrons. The van der Waals surface area contributed by atoms with E-state index in [9.17, 15) is 21.7 Å². The third-order valence-corrected chi connectivity index (χ3v) is 1.28. The molecule has 0 saturated heterocycles. The molecule has 0 saturated carbocycles. The molecule has 2 nitrogen and oxygen atoms in total. The maximum Gasteiger partial charge on any atom is 0.492 e. The zero-order valence-electron chi connectivity index (χ0n) is 6.77. The fourth-order valence-electron chi connectivity index (χ4n) is 0.886. The van der Waals surface area contributed by atoms with Crippen molar-refractivity contribution in [3.63, 3.8) is 0 Å². The molecular formula is C5H10BF5NO-. The number of alkyl halides is 2. The molecule has 1 N–H and O–H groups in total. The van der Waals surface area contributed by atoms with Gasteiger partial charge in [0.15, 0.2) is 0 Å². The number of aliphatic hydroxyl groups is 1. The lowest BCUT2D eigenvalue weighted by atomic mass is 9.91. The van der Waals surface area contributed by atoms with Crippen LogP contribution in [0.25, 0.3) is 0 Å². The molecule has 0 spiro atoms. The van der Waals surface area contributed by atoms with Gasteiger partial charge in [-0.15, -0.1) is 0 Å². The standard InChI is InChI=1S/C5H10BF5NO/c7-5(8)3-12(1-2-13)4-6(9,10)11/h5,13H,1-4H2/q-1. The highest BCUT2D eigenvalue weighted by Crippen LogP contribution is 2.11. The van der Waals surface area contributed by atoms with Crippen molar-refractivity contribution in [1.29, 1.82) is 0 Å². The minimum atomic E-state index is -5.11. The van der Waals surface area contributed by atoms with Gasteiger partial charge < -0.3 is 23.0 Å². The first-order valence-electron chi connectivity index (χ1n) is 3.67. The summed E-state index contributed by atoms with van der Waals surface area (Å²) in [4.78, 5) is 0.491. The van der Waals surface area contributed by atoms with Gasteiger partial charge in [-0.2, -0.15) is 0 Å². The van der Waals surface area contributed by atoms with Crippen LogP contribution >= 0.6 is 0 Å². The second-order valence-electron chi connectivity index (χ2n) is 2.58. The highest BCUT2D eigenvalue weighted by Gasteiger charge is 2.27. The quantitative estimate of drug-likeness (QED) is 0.516. The second-order valence-corrected chi connectivity index (χ2v) is 2.58. The molecule has 8 heteroatoms. The van der Waals surface area contributed by atoms with E-state index in [-0.39, 0.29) is 6.54 Å². The molecule has 0 aromatic rings. The van der Waals surface area contributed by atoms with Crippen LogP contribution in [0.15, 0.2) is 0 Å². The Balaban J connectivity index is 3.94. The predicted octanol–water partition coefficient (Wildman–Crippen LogP) is 0.932. The first-order valence-corrected chi connectivity index (χ1v) is 3.67. The van der Waals surface area contributed by atoms with Crippen LogP contribution in [0.3, 0.4) is 0 Å². The van der Waals surface area contributed by atoms with Crippen molar-refractivity contribution < 1.29 is 26.8 Å². The van der Waals surface area contributed by atoms with Crippen molar-refractivity contribution in [1.82, 2.24) is 4.90 Å². The number of aliphatic hydroxyl groups excluding tert-OH is 1. The average molecular weight is 206 g/mol. The second kappa shape index (κ2) is 5.38. The number of hydrogen-bond acceptors (Lipinski definition) is 2. The molecule has 0 rings (SSSR count). The van der Waals surface area contributed by atoms with Gasteiger partial charge in [-0.05, 0) is 6.44 Å². The molecule has 0 aromatic heterocycles. The van der Waals surface area contributed by atoms with E-state index >= 15 is 0 Å². The lowest BCUT2D eigenvalue weighted by molar-refractivity contribution is 0.0830. The molecule has 0 heterocycles. The van der Waals surface area contributed by atoms with Crippen LogP contribution in [-0.4, -0.2) is 49.5 Å². The van der Waals surface area contributed by atoms with E-state index in [1.165, 1.54) is 0 Å². The molecule has 0 bridgehead atoms. The molecule has 0 aliphatic heterocycles. The Morgan fingerprint density at radius 1 is 1.23 bits per heavy atom. The van der Waals surface area contributed by atoms with Gasteiger partial charge in [-0.1, -0.05) is 0 Å². The number of halogens is 5. The summed E-state index contributed by atoms with van der Waals surface area (Å²) in [5.41, 5.74) is 0. The Morgan fingerprint density at radius 2 is 1.77 bits per heavy atom. The molecule has 0 radical (unpaired) electrons. The largest absolute Gasteiger partial charge is 0.492 e. The minimum absolute atomic E-state index is 0.383. The summed E-state index contributed by atoms with van der Waals surface area (Å²) in [6, 6.07) is 0. The van der Waals surface area contributed by atoms with Crippen LogP contribution in [0.4, 0.5) is 21.7 Å². The predicted molar refractivity (Wildman–Crippen MR) is 38.6 cm³/mol. The fourth-order valence-corrected chi connectivity index (χ4v) is 0.886. The van der Waals surface area contributed by atoms with Gasteiger partial charge in [-0.25, -0.2) is 8.78 Å². The number of rotatable bonds is 6. The third kappa shape index (κ3) is 7.98. The highest BCUT2D eigenvalue weighted by atomic mass is 19.4. The van der Waals surface area contributed by atoms with Crippen LogP contribution in [-0.2, 0) is 0 Å². The summed E-state index contributed by atoms with van der Waals surface area (Å²) in [6.07, 6.45) is -4.17. The fraction of sp³-hybridized carbons (Fsp3) is 1.00. The molecule has 0 amide bonds. The van der Waals surface area contributed by atoms with Crippen LogP contribution in [0.5, 0.6) is 0 Å². The van der Waals surface area contributed by atoms with Gasteiger partial charge in [0, 0.05) is 6.54 Å². The molecule has 0 unspecified atom stereocenters. The topological polar surface area (TPSA) is 23.5 Å². The summed E-state index contributed by atoms with van der Waals surface area (Å²) >= 11 is 0. The summed E-state index contributed by atoms with van der Waals surface area (Å²) in [5, 5.41) is 8.30. The summed E-state index contributed by atoms with van der Waals surface area (Å²) in [5.74, 6) is 0. The van der Waals surface area contributed by atoms with Crippen molar-refractivity contribution >= 4 is 6.98 Å². The number of nitrogens with zero attached hydrogens (tertiary/aromatic N) is 1. The normalized spacial score (nSPS) is 12.9. The molecule has 0 fully saturated rings. The number of hydrogen-bond donors (Lipinski definition) is 1. The maximum absolute atomic E-state index is 11.8. The molecule has 0 atom stereocenters. The van der Waals surface area contributed by atoms with Crippen LogP contribution in [0.1, 0.15) is 0 Å². The maximum atomic E-state index is 11.8. The van der Waals surface area contributed by atoms with Crippen LogP contribution < -0.4 is 0 Å². The smallest absolute Gasteiger partial charge is 0.448 e. The zero-order chi connectivity index (χ0) is 10.5. The van der Waals surface area contributed by atoms with E-state index in [4.69, 9.17) is 5.11 Å². The van der Waals surface area contributed by atoms with Crippen molar-refractivity contribution in [2.24, 2.45) is 0 Å². The van der Waals surface area contributed by atoms with Gasteiger partial charge in [0.05, 0.1) is 13.2 Å². The lowest BCUT2D eigenvalue weighted by Crippen LogP contribution is -2.41. The van der Waals surface area contributed by atoms with Crippen molar-refractivity contribution in [2.75, 3.05) is 26.1 Å². The molecule has 13 heavy (non-hydrogen) atoms. The van der Waals surface area contributed by atoms with Crippen molar-refractivity contribution in [2.45, 2.75) is 6.43 Å². The van der Waals surface area contributed by atoms with E-state index in [0.717, 1.165) is 0 Å². The summed E-state index contributed by atoms with van der Waals surface area (Å²) < 4.78 is 58.7. The van der Waals surface area contributed by atoms with Gasteiger partial charge >= 0.3 is 6.98 Å². The zero-order valence-corrected chi connectivity index (χ0v) is 6.77. The van der Waals surface area contributed by atoms with Gasteiger partial charge in [0.25, 0.3) is 6.43 Å². The monoisotopic (exact) mass is 206 g/mol. The minimum Gasteiger partial charge on any atom is -0.448 e. The van der Waals surface area contributed by atoms with Crippen LogP contribution in [0.2, 0.25) is 0 Å². The van der Waals surface area contributed by atoms with E-state index in [1.54, 1.807) is 0 Å². The Kier molecular flexibility index (Phi) is 5.23. The summed E-state index contributed by atoms with van der Waals surface area (Å²) in [7, 11) is 0. The van der Waals surface area contributed by atoms with Crippen molar-refractivity contribution in [3.05, 3.63) is 0 Å². The Labute approximate surface area is 72.4 Å². The van der Waals surface area contributed by atoms with Crippen molar-refractivity contribution in [3.8, 4) is 0 Å². The Morgan fingerprint density at radius 3 is 2.08 bits per heavy atom.